The fraction of sp³-hybridized carbons (Fsp3) is 0.344. The molecule has 1 unspecified atom stereocenters. The predicted molar refractivity (Wildman–Crippen MR) is 159 cm³/mol. The largest absolute Gasteiger partial charge is 0.338 e. The van der Waals surface area contributed by atoms with Crippen LogP contribution in [0.15, 0.2) is 60.8 Å². The van der Waals surface area contributed by atoms with Gasteiger partial charge in [0.15, 0.2) is 0 Å². The molecule has 1 spiro atoms. The van der Waals surface area contributed by atoms with E-state index >= 15 is 0 Å². The van der Waals surface area contributed by atoms with Crippen molar-refractivity contribution >= 4 is 23.6 Å². The number of benzene rings is 2. The lowest BCUT2D eigenvalue weighted by atomic mass is 9.81. The van der Waals surface area contributed by atoms with Gasteiger partial charge in [0.2, 0.25) is 5.91 Å². The zero-order valence-corrected chi connectivity index (χ0v) is 23.9. The van der Waals surface area contributed by atoms with E-state index in [0.717, 1.165) is 52.9 Å². The molecule has 8 heteroatoms. The van der Waals surface area contributed by atoms with Gasteiger partial charge in [0.1, 0.15) is 11.7 Å². The van der Waals surface area contributed by atoms with Gasteiger partial charge < -0.3 is 15.6 Å². The summed E-state index contributed by atoms with van der Waals surface area (Å²) in [5.41, 5.74) is 11.4. The lowest BCUT2D eigenvalue weighted by molar-refractivity contribution is -0.126. The summed E-state index contributed by atoms with van der Waals surface area (Å²) in [7, 11) is 3.53. The summed E-state index contributed by atoms with van der Waals surface area (Å²) in [6.45, 7) is 9.82. The molecule has 1 heterocycles. The average Bonchev–Trinajstić information content (AvgIpc) is 3.53. The van der Waals surface area contributed by atoms with Crippen molar-refractivity contribution in [2.75, 3.05) is 19.4 Å². The van der Waals surface area contributed by atoms with Gasteiger partial charge in [-0.25, -0.2) is 5.43 Å². The van der Waals surface area contributed by atoms with Gasteiger partial charge in [-0.2, -0.15) is 5.10 Å². The highest BCUT2D eigenvalue weighted by Crippen LogP contribution is 2.64. The van der Waals surface area contributed by atoms with Crippen molar-refractivity contribution in [1.29, 1.82) is 0 Å². The number of likely N-dealkylation sites (N-methyl/N-ethyl adjacent to an activating group) is 1. The molecule has 1 aromatic heterocycles. The van der Waals surface area contributed by atoms with Crippen molar-refractivity contribution in [3.05, 3.63) is 88.9 Å². The van der Waals surface area contributed by atoms with Crippen LogP contribution in [0.25, 0.3) is 17.2 Å². The van der Waals surface area contributed by atoms with Crippen LogP contribution in [0.3, 0.4) is 0 Å². The highest BCUT2D eigenvalue weighted by atomic mass is 16.2. The van der Waals surface area contributed by atoms with E-state index in [0.29, 0.717) is 11.4 Å². The molecule has 0 bridgehead atoms. The Kier molecular flexibility index (Phi) is 7.38. The molecule has 5 rings (SSSR count). The number of aromatic amines is 1. The third kappa shape index (κ3) is 4.84. The number of fused-ring (bicyclic) bond motifs is 1. The number of allylic oxidation sites excluding steroid dienone is 1. The number of hydrogen-bond donors (Lipinski definition) is 4. The number of rotatable bonds is 9. The highest BCUT2D eigenvalue weighted by Gasteiger charge is 2.59. The Morgan fingerprint density at radius 3 is 2.48 bits per heavy atom. The van der Waals surface area contributed by atoms with Gasteiger partial charge in [0, 0.05) is 37.0 Å². The summed E-state index contributed by atoms with van der Waals surface area (Å²) in [5, 5.41) is 15.2. The summed E-state index contributed by atoms with van der Waals surface area (Å²) in [5.74, 6) is -0.697. The van der Waals surface area contributed by atoms with E-state index in [9.17, 15) is 9.59 Å². The number of nitrogens with one attached hydrogen (secondary N) is 4. The lowest BCUT2D eigenvalue weighted by Crippen LogP contribution is -2.51. The maximum absolute atomic E-state index is 14.1. The minimum Gasteiger partial charge on any atom is -0.338 e. The molecule has 2 aromatic carbocycles. The Morgan fingerprint density at radius 1 is 1.18 bits per heavy atom. The molecule has 0 radical (unpaired) electrons. The Hall–Kier alpha value is -4.17. The second-order valence-corrected chi connectivity index (χ2v) is 10.9. The van der Waals surface area contributed by atoms with Crippen molar-refractivity contribution in [3.63, 3.8) is 0 Å². The number of carbonyl (C=O) groups is 2. The first-order chi connectivity index (χ1) is 19.2. The number of aryl methyl sites for hydroxylation is 2. The number of hydrazine groups is 1. The standard InChI is InChI=1S/C32H38N6O2/c1-7-21-10-9-11-23-18-32(16-17-32)28(27(21)23)29(35-30(39)25(8-2)38(6)33-5)31(40)34-24-14-12-22(13-15-24)26-19(3)36-37-20(26)4/h7-15,28-29,33H,1,16-18H2,2-6H3,(H,34,40)(H,35,39)(H,36,37)/b25-8-/t28?,29-/m0/s1. The van der Waals surface area contributed by atoms with Crippen LogP contribution in [0.2, 0.25) is 0 Å². The van der Waals surface area contributed by atoms with Gasteiger partial charge in [-0.1, -0.05) is 49.1 Å². The van der Waals surface area contributed by atoms with Crippen molar-refractivity contribution in [3.8, 4) is 11.1 Å². The van der Waals surface area contributed by atoms with Gasteiger partial charge in [0.05, 0.1) is 5.69 Å². The fourth-order valence-electron chi connectivity index (χ4n) is 6.34. The van der Waals surface area contributed by atoms with Crippen molar-refractivity contribution < 1.29 is 9.59 Å². The van der Waals surface area contributed by atoms with E-state index in [1.165, 1.54) is 5.56 Å². The number of nitrogens with zero attached hydrogens (tertiary/aromatic N) is 2. The molecule has 2 aliphatic rings. The molecule has 4 N–H and O–H groups in total. The van der Waals surface area contributed by atoms with Crippen LogP contribution < -0.4 is 16.1 Å². The van der Waals surface area contributed by atoms with Crippen LogP contribution in [0.1, 0.15) is 53.8 Å². The van der Waals surface area contributed by atoms with E-state index in [-0.39, 0.29) is 23.1 Å². The summed E-state index contributed by atoms with van der Waals surface area (Å²) >= 11 is 0. The predicted octanol–water partition coefficient (Wildman–Crippen LogP) is 4.85. The summed E-state index contributed by atoms with van der Waals surface area (Å²) < 4.78 is 0. The average molecular weight is 539 g/mol. The van der Waals surface area contributed by atoms with Crippen LogP contribution >= 0.6 is 0 Å². The van der Waals surface area contributed by atoms with E-state index < -0.39 is 6.04 Å². The van der Waals surface area contributed by atoms with Crippen LogP contribution in [-0.2, 0) is 16.0 Å². The molecule has 0 aliphatic heterocycles. The molecule has 1 fully saturated rings. The van der Waals surface area contributed by atoms with Crippen LogP contribution in [0, 0.1) is 19.3 Å². The van der Waals surface area contributed by atoms with Gasteiger partial charge in [0.25, 0.3) is 5.91 Å². The summed E-state index contributed by atoms with van der Waals surface area (Å²) in [4.78, 5) is 27.7. The number of carbonyl (C=O) groups excluding carboxylic acids is 2. The molecule has 8 nitrogen and oxygen atoms in total. The molecule has 2 aliphatic carbocycles. The lowest BCUT2D eigenvalue weighted by Gasteiger charge is -2.31. The quantitative estimate of drug-likeness (QED) is 0.230. The molecule has 1 saturated carbocycles. The maximum Gasteiger partial charge on any atom is 0.269 e. The normalized spacial score (nSPS) is 17.7. The van der Waals surface area contributed by atoms with Gasteiger partial charge in [-0.3, -0.25) is 14.7 Å². The number of H-pyrrole nitrogens is 1. The fourth-order valence-corrected chi connectivity index (χ4v) is 6.34. The zero-order valence-electron chi connectivity index (χ0n) is 23.9. The minimum atomic E-state index is -0.768. The van der Waals surface area contributed by atoms with E-state index in [2.05, 4.69) is 38.9 Å². The van der Waals surface area contributed by atoms with Crippen LogP contribution in [-0.4, -0.2) is 47.2 Å². The molecule has 2 atom stereocenters. The van der Waals surface area contributed by atoms with Crippen LogP contribution in [0.4, 0.5) is 5.69 Å². The second kappa shape index (κ2) is 10.8. The van der Waals surface area contributed by atoms with Gasteiger partial charge in [-0.15, -0.1) is 0 Å². The SMILES string of the molecule is C=Cc1cccc2c1C([C@H](NC(=O)/C(=C/C)N(C)NC)C(=O)Nc1ccc(-c3c(C)n[nH]c3C)cc1)C1(CC1)C2. The smallest absolute Gasteiger partial charge is 0.269 e. The Balaban J connectivity index is 1.49. The first-order valence-electron chi connectivity index (χ1n) is 13.8. The molecular weight excluding hydrogens is 500 g/mol. The summed E-state index contributed by atoms with van der Waals surface area (Å²) in [6.07, 6.45) is 6.54. The monoisotopic (exact) mass is 538 g/mol. The minimum absolute atomic E-state index is 0.0398. The topological polar surface area (TPSA) is 102 Å². The van der Waals surface area contributed by atoms with Crippen LogP contribution in [0.5, 0.6) is 0 Å². The molecule has 208 valence electrons. The summed E-state index contributed by atoms with van der Waals surface area (Å²) in [6, 6.07) is 13.2. The van der Waals surface area contributed by atoms with Gasteiger partial charge in [-0.05, 0) is 79.8 Å². The van der Waals surface area contributed by atoms with E-state index in [1.807, 2.05) is 63.2 Å². The van der Waals surface area contributed by atoms with Gasteiger partial charge >= 0.3 is 0 Å². The number of aromatic nitrogens is 2. The third-order valence-corrected chi connectivity index (χ3v) is 8.53. The Labute approximate surface area is 235 Å². The number of amides is 2. The molecule has 0 saturated heterocycles. The molecular formula is C32H38N6O2. The molecule has 3 aromatic rings. The number of anilines is 1. The first-order valence-corrected chi connectivity index (χ1v) is 13.8. The van der Waals surface area contributed by atoms with Crippen molar-refractivity contribution in [2.45, 2.75) is 52.0 Å². The molecule has 2 amide bonds. The Bertz CT molecular complexity index is 1460. The molecule has 40 heavy (non-hydrogen) atoms. The van der Waals surface area contributed by atoms with E-state index in [1.54, 1.807) is 25.2 Å². The number of hydrogen-bond acceptors (Lipinski definition) is 5. The van der Waals surface area contributed by atoms with E-state index in [4.69, 9.17) is 0 Å². The van der Waals surface area contributed by atoms with Crippen molar-refractivity contribution in [1.82, 2.24) is 25.9 Å². The second-order valence-electron chi connectivity index (χ2n) is 10.9. The zero-order chi connectivity index (χ0) is 28.6. The maximum atomic E-state index is 14.1. The Morgan fingerprint density at radius 2 is 1.90 bits per heavy atom. The van der Waals surface area contributed by atoms with Crippen molar-refractivity contribution in [2.24, 2.45) is 5.41 Å². The third-order valence-electron chi connectivity index (χ3n) is 8.53. The first kappa shape index (κ1) is 27.4. The highest BCUT2D eigenvalue weighted by molar-refractivity contribution is 6.01.